The lowest BCUT2D eigenvalue weighted by atomic mass is 9.94. The number of amidine groups is 1. The quantitative estimate of drug-likeness (QED) is 0.349. The second-order valence-electron chi connectivity index (χ2n) is 7.60. The molecule has 2 amide bonds. The highest BCUT2D eigenvalue weighted by Gasteiger charge is 2.37. The first-order chi connectivity index (χ1) is 15.3. The number of ether oxygens (including phenoxy) is 1. The Hall–Kier alpha value is -3.88. The van der Waals surface area contributed by atoms with Gasteiger partial charge in [-0.3, -0.25) is 19.9 Å². The molecule has 0 radical (unpaired) electrons. The van der Waals surface area contributed by atoms with Crippen molar-refractivity contribution in [1.29, 1.82) is 5.41 Å². The molecule has 1 fully saturated rings. The van der Waals surface area contributed by atoms with Gasteiger partial charge in [-0.05, 0) is 11.1 Å². The van der Waals surface area contributed by atoms with Crippen LogP contribution in [0.5, 0.6) is 0 Å². The molecule has 3 rings (SSSR count). The van der Waals surface area contributed by atoms with Gasteiger partial charge in [-0.1, -0.05) is 54.6 Å². The fourth-order valence-electron chi connectivity index (χ4n) is 3.63. The highest BCUT2D eigenvalue weighted by Crippen LogP contribution is 2.34. The van der Waals surface area contributed by atoms with Crippen molar-refractivity contribution >= 4 is 23.8 Å². The first-order valence-electron chi connectivity index (χ1n) is 10.3. The molecule has 5 N–H and O–H groups in total. The maximum Gasteiger partial charge on any atom is 0.410 e. The van der Waals surface area contributed by atoms with Gasteiger partial charge in [-0.15, -0.1) is 0 Å². The van der Waals surface area contributed by atoms with Crippen molar-refractivity contribution in [2.45, 2.75) is 38.0 Å². The Balaban J connectivity index is 1.77. The molecule has 1 heterocycles. The summed E-state index contributed by atoms with van der Waals surface area (Å²) in [6, 6.07) is 16.3. The number of nitrogen functional groups attached to an aromatic ring is 1. The average Bonchev–Trinajstić information content (AvgIpc) is 2.76. The molecule has 1 aliphatic rings. The van der Waals surface area contributed by atoms with Gasteiger partial charge in [0.05, 0.1) is 18.9 Å². The third-order valence-corrected chi connectivity index (χ3v) is 5.24. The number of carbonyl (C=O) groups is 3. The van der Waals surface area contributed by atoms with Crippen LogP contribution in [-0.2, 0) is 20.9 Å². The van der Waals surface area contributed by atoms with Crippen LogP contribution in [0.15, 0.2) is 54.6 Å². The lowest BCUT2D eigenvalue weighted by Crippen LogP contribution is -2.45. The van der Waals surface area contributed by atoms with Gasteiger partial charge in [-0.2, -0.15) is 0 Å². The Morgan fingerprint density at radius 1 is 1.16 bits per heavy atom. The van der Waals surface area contributed by atoms with E-state index in [2.05, 4.69) is 5.32 Å². The first-order valence-corrected chi connectivity index (χ1v) is 10.3. The lowest BCUT2D eigenvalue weighted by Gasteiger charge is -2.39. The van der Waals surface area contributed by atoms with E-state index in [9.17, 15) is 14.4 Å². The van der Waals surface area contributed by atoms with Gasteiger partial charge in [0, 0.05) is 25.1 Å². The van der Waals surface area contributed by atoms with E-state index < -0.39 is 18.2 Å². The van der Waals surface area contributed by atoms with Crippen molar-refractivity contribution in [2.24, 2.45) is 5.73 Å². The van der Waals surface area contributed by atoms with E-state index in [1.54, 1.807) is 17.0 Å². The minimum absolute atomic E-state index is 0.0188. The first kappa shape index (κ1) is 22.8. The number of aliphatic carboxylic acids is 1. The number of rotatable bonds is 9. The SMILES string of the molecule is N=C(N)c1ccc(C2CC(CC(=O)NCCC(=O)O)OC(=O)N2Cc2ccccc2)cc1. The molecular weight excluding hydrogens is 412 g/mol. The predicted octanol–water partition coefficient (Wildman–Crippen LogP) is 2.40. The number of nitrogens with two attached hydrogens (primary N) is 1. The molecule has 0 spiro atoms. The molecule has 32 heavy (non-hydrogen) atoms. The molecule has 0 bridgehead atoms. The Bertz CT molecular complexity index is 978. The molecule has 2 aromatic carbocycles. The van der Waals surface area contributed by atoms with Gasteiger partial charge >= 0.3 is 12.1 Å². The summed E-state index contributed by atoms with van der Waals surface area (Å²) in [5.74, 6) is -1.41. The van der Waals surface area contributed by atoms with E-state index in [1.807, 2.05) is 42.5 Å². The number of hydrogen-bond donors (Lipinski definition) is 4. The van der Waals surface area contributed by atoms with E-state index in [0.29, 0.717) is 18.5 Å². The molecule has 1 aliphatic heterocycles. The van der Waals surface area contributed by atoms with Crippen LogP contribution in [-0.4, -0.2) is 46.5 Å². The molecule has 0 saturated carbocycles. The fourth-order valence-corrected chi connectivity index (χ4v) is 3.63. The Morgan fingerprint density at radius 3 is 2.47 bits per heavy atom. The highest BCUT2D eigenvalue weighted by atomic mass is 16.6. The zero-order valence-corrected chi connectivity index (χ0v) is 17.5. The number of amides is 2. The predicted molar refractivity (Wildman–Crippen MR) is 117 cm³/mol. The molecule has 1 saturated heterocycles. The summed E-state index contributed by atoms with van der Waals surface area (Å²) in [6.45, 7) is 0.362. The molecule has 9 nitrogen and oxygen atoms in total. The van der Waals surface area contributed by atoms with E-state index in [0.717, 1.165) is 11.1 Å². The van der Waals surface area contributed by atoms with Crippen LogP contribution in [0.25, 0.3) is 0 Å². The van der Waals surface area contributed by atoms with Crippen LogP contribution in [0, 0.1) is 5.41 Å². The molecule has 2 atom stereocenters. The maximum atomic E-state index is 12.9. The molecule has 168 valence electrons. The smallest absolute Gasteiger partial charge is 0.410 e. The number of cyclic esters (lactones) is 1. The normalized spacial score (nSPS) is 18.0. The molecule has 2 unspecified atom stereocenters. The van der Waals surface area contributed by atoms with Crippen LogP contribution in [0.4, 0.5) is 4.79 Å². The Morgan fingerprint density at radius 2 is 1.84 bits per heavy atom. The number of carbonyl (C=O) groups excluding carboxylic acids is 2. The summed E-state index contributed by atoms with van der Waals surface area (Å²) in [4.78, 5) is 37.3. The monoisotopic (exact) mass is 438 g/mol. The number of benzene rings is 2. The number of carboxylic acids is 1. The molecule has 9 heteroatoms. The zero-order valence-electron chi connectivity index (χ0n) is 17.5. The van der Waals surface area contributed by atoms with Crippen molar-refractivity contribution in [3.05, 3.63) is 71.3 Å². The average molecular weight is 438 g/mol. The van der Waals surface area contributed by atoms with Gasteiger partial charge in [-0.25, -0.2) is 4.79 Å². The summed E-state index contributed by atoms with van der Waals surface area (Å²) in [7, 11) is 0. The van der Waals surface area contributed by atoms with E-state index in [4.69, 9.17) is 21.0 Å². The van der Waals surface area contributed by atoms with Crippen molar-refractivity contribution in [3.63, 3.8) is 0 Å². The summed E-state index contributed by atoms with van der Waals surface area (Å²) in [5, 5.41) is 18.8. The minimum Gasteiger partial charge on any atom is -0.481 e. The van der Waals surface area contributed by atoms with E-state index in [-0.39, 0.29) is 37.2 Å². The topological polar surface area (TPSA) is 146 Å². The van der Waals surface area contributed by atoms with Crippen LogP contribution in [0.3, 0.4) is 0 Å². The Labute approximate surface area is 185 Å². The van der Waals surface area contributed by atoms with Crippen molar-refractivity contribution in [1.82, 2.24) is 10.2 Å². The third kappa shape index (κ3) is 6.07. The number of hydrogen-bond acceptors (Lipinski definition) is 5. The van der Waals surface area contributed by atoms with E-state index >= 15 is 0 Å². The third-order valence-electron chi connectivity index (χ3n) is 5.24. The van der Waals surface area contributed by atoms with Crippen molar-refractivity contribution in [3.8, 4) is 0 Å². The zero-order chi connectivity index (χ0) is 23.1. The van der Waals surface area contributed by atoms with Gasteiger partial charge in [0.2, 0.25) is 5.91 Å². The Kier molecular flexibility index (Phi) is 7.43. The molecule has 0 aliphatic carbocycles. The van der Waals surface area contributed by atoms with Crippen molar-refractivity contribution < 1.29 is 24.2 Å². The molecule has 0 aromatic heterocycles. The van der Waals surface area contributed by atoms with Crippen LogP contribution in [0.2, 0.25) is 0 Å². The fraction of sp³-hybridized carbons (Fsp3) is 0.304. The number of nitrogens with zero attached hydrogens (tertiary/aromatic N) is 1. The number of nitrogens with one attached hydrogen (secondary N) is 2. The van der Waals surface area contributed by atoms with Gasteiger partial charge in [0.15, 0.2) is 0 Å². The number of carboxylic acid groups (broad SMARTS) is 1. The van der Waals surface area contributed by atoms with Crippen LogP contribution < -0.4 is 11.1 Å². The van der Waals surface area contributed by atoms with Gasteiger partial charge < -0.3 is 20.9 Å². The summed E-state index contributed by atoms with van der Waals surface area (Å²) in [6.07, 6.45) is -0.996. The van der Waals surface area contributed by atoms with Gasteiger partial charge in [0.1, 0.15) is 11.9 Å². The molecular formula is C23H26N4O5. The second kappa shape index (κ2) is 10.4. The highest BCUT2D eigenvalue weighted by molar-refractivity contribution is 5.94. The maximum absolute atomic E-state index is 12.9. The van der Waals surface area contributed by atoms with Crippen molar-refractivity contribution in [2.75, 3.05) is 6.54 Å². The second-order valence-corrected chi connectivity index (χ2v) is 7.60. The van der Waals surface area contributed by atoms with Crippen LogP contribution >= 0.6 is 0 Å². The lowest BCUT2D eigenvalue weighted by molar-refractivity contribution is -0.136. The summed E-state index contributed by atoms with van der Waals surface area (Å²) < 4.78 is 5.54. The standard InChI is InChI=1S/C23H26N4O5/c24-22(25)17-8-6-16(7-9-17)19-12-18(13-20(28)26-11-10-21(29)30)32-23(31)27(19)14-15-4-2-1-3-5-15/h1-9,18-19H,10-14H2,(H3,24,25)(H,26,28)(H,29,30). The summed E-state index contributed by atoms with van der Waals surface area (Å²) >= 11 is 0. The van der Waals surface area contributed by atoms with E-state index in [1.165, 1.54) is 0 Å². The van der Waals surface area contributed by atoms with Crippen LogP contribution in [0.1, 0.15) is 42.0 Å². The minimum atomic E-state index is -1.000. The summed E-state index contributed by atoms with van der Waals surface area (Å²) in [5.41, 5.74) is 7.92. The van der Waals surface area contributed by atoms with Gasteiger partial charge in [0.25, 0.3) is 0 Å². The largest absolute Gasteiger partial charge is 0.481 e. The molecule has 2 aromatic rings.